The van der Waals surface area contributed by atoms with Gasteiger partial charge in [-0.2, -0.15) is 0 Å². The number of rotatable bonds is 5. The highest BCUT2D eigenvalue weighted by Gasteiger charge is 2.15. The van der Waals surface area contributed by atoms with Crippen molar-refractivity contribution in [1.82, 2.24) is 15.0 Å². The van der Waals surface area contributed by atoms with Gasteiger partial charge in [0.05, 0.1) is 11.4 Å². The van der Waals surface area contributed by atoms with E-state index < -0.39 is 0 Å². The molecule has 0 unspecified atom stereocenters. The molecule has 2 aromatic heterocycles. The van der Waals surface area contributed by atoms with E-state index >= 15 is 0 Å². The smallest absolute Gasteiger partial charge is 0.100 e. The van der Waals surface area contributed by atoms with Gasteiger partial charge in [-0.25, -0.2) is 4.68 Å². The van der Waals surface area contributed by atoms with Crippen LogP contribution < -0.4 is 5.73 Å². The first kappa shape index (κ1) is 14.0. The van der Waals surface area contributed by atoms with Crippen LogP contribution in [-0.2, 0) is 19.4 Å². The number of aryl methyl sites for hydroxylation is 1. The second-order valence-corrected chi connectivity index (χ2v) is 5.87. The molecule has 5 heteroatoms. The van der Waals surface area contributed by atoms with E-state index in [1.54, 1.807) is 11.3 Å². The number of thiophene rings is 1. The van der Waals surface area contributed by atoms with Crippen molar-refractivity contribution in [3.05, 3.63) is 63.6 Å². The molecule has 0 aliphatic heterocycles. The molecule has 0 saturated carbocycles. The lowest BCUT2D eigenvalue weighted by Crippen LogP contribution is -2.08. The van der Waals surface area contributed by atoms with Crippen LogP contribution in [0.15, 0.2) is 41.8 Å². The van der Waals surface area contributed by atoms with Crippen LogP contribution >= 0.6 is 11.3 Å². The molecule has 0 fully saturated rings. The number of hydrogen-bond donors (Lipinski definition) is 1. The fraction of sp³-hybridized carbons (Fsp3) is 0.250. The van der Waals surface area contributed by atoms with Gasteiger partial charge < -0.3 is 5.73 Å². The highest BCUT2D eigenvalue weighted by atomic mass is 32.1. The van der Waals surface area contributed by atoms with Crippen molar-refractivity contribution in [3.63, 3.8) is 0 Å². The van der Waals surface area contributed by atoms with E-state index in [9.17, 15) is 0 Å². The van der Waals surface area contributed by atoms with E-state index in [2.05, 4.69) is 52.9 Å². The van der Waals surface area contributed by atoms with E-state index in [1.807, 2.05) is 10.7 Å². The second kappa shape index (κ2) is 6.20. The largest absolute Gasteiger partial charge is 0.325 e. The summed E-state index contributed by atoms with van der Waals surface area (Å²) < 4.78 is 1.95. The summed E-state index contributed by atoms with van der Waals surface area (Å²) in [6.07, 6.45) is 1.78. The molecule has 0 bridgehead atoms. The summed E-state index contributed by atoms with van der Waals surface area (Å²) in [7, 11) is 0. The summed E-state index contributed by atoms with van der Waals surface area (Å²) in [6, 6.07) is 12.5. The predicted octanol–water partition coefficient (Wildman–Crippen LogP) is 2.94. The molecule has 108 valence electrons. The number of nitrogens with zero attached hydrogens (tertiary/aromatic N) is 3. The SMILES string of the molecule is CCc1ccccc1-n1nnc(CN)c1Cc1cccs1. The monoisotopic (exact) mass is 298 g/mol. The molecule has 0 saturated heterocycles. The van der Waals surface area contributed by atoms with Crippen LogP contribution in [0.5, 0.6) is 0 Å². The molecule has 4 nitrogen and oxygen atoms in total. The Kier molecular flexibility index (Phi) is 4.13. The molecule has 3 rings (SSSR count). The Morgan fingerprint density at radius 3 is 2.76 bits per heavy atom. The molecule has 0 aliphatic carbocycles. The lowest BCUT2D eigenvalue weighted by Gasteiger charge is -2.10. The van der Waals surface area contributed by atoms with Crippen LogP contribution in [-0.4, -0.2) is 15.0 Å². The van der Waals surface area contributed by atoms with Crippen LogP contribution in [0.25, 0.3) is 5.69 Å². The van der Waals surface area contributed by atoms with Crippen LogP contribution in [0.2, 0.25) is 0 Å². The topological polar surface area (TPSA) is 56.7 Å². The van der Waals surface area contributed by atoms with Gasteiger partial charge in [0.25, 0.3) is 0 Å². The van der Waals surface area contributed by atoms with Crippen LogP contribution in [0.4, 0.5) is 0 Å². The zero-order valence-corrected chi connectivity index (χ0v) is 12.8. The Hall–Kier alpha value is -1.98. The van der Waals surface area contributed by atoms with Crippen LogP contribution in [0.3, 0.4) is 0 Å². The maximum absolute atomic E-state index is 5.83. The van der Waals surface area contributed by atoms with Crippen molar-refractivity contribution in [1.29, 1.82) is 0 Å². The number of para-hydroxylation sites is 1. The molecule has 2 heterocycles. The number of aromatic nitrogens is 3. The minimum absolute atomic E-state index is 0.412. The third-order valence-electron chi connectivity index (χ3n) is 3.56. The minimum atomic E-state index is 0.412. The van der Waals surface area contributed by atoms with Gasteiger partial charge in [0.2, 0.25) is 0 Å². The molecule has 21 heavy (non-hydrogen) atoms. The van der Waals surface area contributed by atoms with Gasteiger partial charge in [-0.15, -0.1) is 16.4 Å². The summed E-state index contributed by atoms with van der Waals surface area (Å²) >= 11 is 1.74. The lowest BCUT2D eigenvalue weighted by atomic mass is 10.1. The summed E-state index contributed by atoms with van der Waals surface area (Å²) in [5.41, 5.74) is 10.1. The second-order valence-electron chi connectivity index (χ2n) is 4.84. The van der Waals surface area contributed by atoms with Crippen molar-refractivity contribution in [3.8, 4) is 5.69 Å². The number of nitrogens with two attached hydrogens (primary N) is 1. The van der Waals surface area contributed by atoms with Crippen molar-refractivity contribution in [2.45, 2.75) is 26.3 Å². The molecule has 1 aromatic carbocycles. The van der Waals surface area contributed by atoms with Gasteiger partial charge in [-0.1, -0.05) is 36.4 Å². The Balaban J connectivity index is 2.08. The predicted molar refractivity (Wildman–Crippen MR) is 85.8 cm³/mol. The third kappa shape index (κ3) is 2.75. The van der Waals surface area contributed by atoms with Gasteiger partial charge in [0, 0.05) is 17.8 Å². The van der Waals surface area contributed by atoms with Gasteiger partial charge in [-0.05, 0) is 29.5 Å². The molecule has 3 aromatic rings. The Morgan fingerprint density at radius 2 is 2.05 bits per heavy atom. The molecule has 2 N–H and O–H groups in total. The van der Waals surface area contributed by atoms with Gasteiger partial charge in [0.15, 0.2) is 0 Å². The van der Waals surface area contributed by atoms with E-state index in [4.69, 9.17) is 5.73 Å². The van der Waals surface area contributed by atoms with Crippen molar-refractivity contribution >= 4 is 11.3 Å². The summed E-state index contributed by atoms with van der Waals surface area (Å²) in [5.74, 6) is 0. The summed E-state index contributed by atoms with van der Waals surface area (Å²) in [4.78, 5) is 1.29. The zero-order chi connectivity index (χ0) is 14.7. The number of hydrogen-bond acceptors (Lipinski definition) is 4. The average Bonchev–Trinajstić information content (AvgIpc) is 3.17. The lowest BCUT2D eigenvalue weighted by molar-refractivity contribution is 0.765. The molecular formula is C16H18N4S. The standard InChI is InChI=1S/C16H18N4S/c1-2-12-6-3-4-8-15(12)20-16(14(11-17)18-19-20)10-13-7-5-9-21-13/h3-9H,2,10-11,17H2,1H3. The first-order chi connectivity index (χ1) is 10.3. The van der Waals surface area contributed by atoms with Crippen molar-refractivity contribution < 1.29 is 0 Å². The summed E-state index contributed by atoms with van der Waals surface area (Å²) in [6.45, 7) is 2.56. The zero-order valence-electron chi connectivity index (χ0n) is 12.0. The highest BCUT2D eigenvalue weighted by molar-refractivity contribution is 7.09. The minimum Gasteiger partial charge on any atom is -0.325 e. The first-order valence-electron chi connectivity index (χ1n) is 7.07. The first-order valence-corrected chi connectivity index (χ1v) is 7.95. The Morgan fingerprint density at radius 1 is 1.19 bits per heavy atom. The van der Waals surface area contributed by atoms with Gasteiger partial charge in [0.1, 0.15) is 5.69 Å². The van der Waals surface area contributed by atoms with E-state index in [0.29, 0.717) is 6.54 Å². The Bertz CT molecular complexity index is 716. The van der Waals surface area contributed by atoms with Crippen molar-refractivity contribution in [2.75, 3.05) is 0 Å². The van der Waals surface area contributed by atoms with Gasteiger partial charge >= 0.3 is 0 Å². The van der Waals surface area contributed by atoms with Crippen molar-refractivity contribution in [2.24, 2.45) is 5.73 Å². The third-order valence-corrected chi connectivity index (χ3v) is 4.44. The fourth-order valence-electron chi connectivity index (χ4n) is 2.46. The maximum Gasteiger partial charge on any atom is 0.100 e. The van der Waals surface area contributed by atoms with E-state index in [-0.39, 0.29) is 0 Å². The molecular weight excluding hydrogens is 280 g/mol. The molecule has 0 radical (unpaired) electrons. The normalized spacial score (nSPS) is 11.0. The molecule has 0 amide bonds. The maximum atomic E-state index is 5.83. The Labute approximate surface area is 128 Å². The van der Waals surface area contributed by atoms with Crippen LogP contribution in [0.1, 0.15) is 28.8 Å². The molecule has 0 aliphatic rings. The van der Waals surface area contributed by atoms with Gasteiger partial charge in [-0.3, -0.25) is 0 Å². The average molecular weight is 298 g/mol. The quantitative estimate of drug-likeness (QED) is 0.788. The van der Waals surface area contributed by atoms with Crippen LogP contribution in [0, 0.1) is 0 Å². The molecule has 0 atom stereocenters. The number of benzene rings is 1. The highest BCUT2D eigenvalue weighted by Crippen LogP contribution is 2.22. The molecule has 0 spiro atoms. The summed E-state index contributed by atoms with van der Waals surface area (Å²) in [5, 5.41) is 10.7. The van der Waals surface area contributed by atoms with E-state index in [0.717, 1.165) is 29.9 Å². The fourth-order valence-corrected chi connectivity index (χ4v) is 3.17. The van der Waals surface area contributed by atoms with E-state index in [1.165, 1.54) is 10.4 Å².